The van der Waals surface area contributed by atoms with E-state index in [1.165, 1.54) is 10.3 Å². The number of carbonyl (C=O) groups excluding carboxylic acids is 1. The van der Waals surface area contributed by atoms with Crippen LogP contribution in [0.15, 0.2) is 42.5 Å². The van der Waals surface area contributed by atoms with Crippen LogP contribution in [-0.2, 0) is 0 Å². The molecule has 1 saturated carbocycles. The maximum Gasteiger partial charge on any atom is 0.188 e. The van der Waals surface area contributed by atoms with Gasteiger partial charge in [-0.3, -0.25) is 4.79 Å². The van der Waals surface area contributed by atoms with Crippen LogP contribution in [0.25, 0.3) is 10.2 Å². The molecule has 22 heavy (non-hydrogen) atoms. The van der Waals surface area contributed by atoms with Gasteiger partial charge in [-0.2, -0.15) is 0 Å². The van der Waals surface area contributed by atoms with E-state index >= 15 is 0 Å². The fourth-order valence-corrected chi connectivity index (χ4v) is 3.53. The topological polar surface area (TPSA) is 42.0 Å². The molecule has 1 heterocycles. The van der Waals surface area contributed by atoms with Crippen LogP contribution in [0.1, 0.15) is 28.8 Å². The molecule has 2 aromatic carbocycles. The maximum atomic E-state index is 12.0. The molecule has 1 aliphatic rings. The molecule has 0 spiro atoms. The van der Waals surface area contributed by atoms with Crippen molar-refractivity contribution in [3.8, 4) is 0 Å². The fourth-order valence-electron chi connectivity index (χ4n) is 2.56. The molecule has 1 aromatic heterocycles. The predicted molar refractivity (Wildman–Crippen MR) is 91.1 cm³/mol. The zero-order valence-electron chi connectivity index (χ0n) is 12.3. The second-order valence-corrected chi connectivity index (χ2v) is 6.81. The number of nitrogens with zero attached hydrogens (tertiary/aromatic N) is 1. The smallest absolute Gasteiger partial charge is 0.188 e. The molecular formula is C18H16N2OS. The molecule has 0 radical (unpaired) electrons. The van der Waals surface area contributed by atoms with Crippen molar-refractivity contribution >= 4 is 38.2 Å². The Balaban J connectivity index is 1.56. The average molecular weight is 308 g/mol. The quantitative estimate of drug-likeness (QED) is 0.694. The van der Waals surface area contributed by atoms with Crippen LogP contribution >= 0.6 is 11.3 Å². The van der Waals surface area contributed by atoms with E-state index in [1.807, 2.05) is 24.3 Å². The van der Waals surface area contributed by atoms with E-state index in [4.69, 9.17) is 0 Å². The Morgan fingerprint density at radius 3 is 2.64 bits per heavy atom. The maximum absolute atomic E-state index is 12.0. The monoisotopic (exact) mass is 308 g/mol. The zero-order chi connectivity index (χ0) is 15.1. The minimum absolute atomic E-state index is 0.269. The summed E-state index contributed by atoms with van der Waals surface area (Å²) >= 11 is 1.64. The average Bonchev–Trinajstić information content (AvgIpc) is 3.29. The van der Waals surface area contributed by atoms with Crippen LogP contribution in [0.4, 0.5) is 10.8 Å². The molecule has 1 aliphatic carbocycles. The Bertz CT molecular complexity index is 847. The van der Waals surface area contributed by atoms with E-state index < -0.39 is 0 Å². The van der Waals surface area contributed by atoms with Gasteiger partial charge in [0.1, 0.15) is 0 Å². The third-order valence-corrected chi connectivity index (χ3v) is 4.93. The lowest BCUT2D eigenvalue weighted by molar-refractivity contribution is 0.0967. The summed E-state index contributed by atoms with van der Waals surface area (Å²) in [5.41, 5.74) is 4.01. The van der Waals surface area contributed by atoms with Gasteiger partial charge in [0, 0.05) is 17.2 Å². The number of aromatic nitrogens is 1. The Kier molecular flexibility index (Phi) is 3.19. The van der Waals surface area contributed by atoms with E-state index in [9.17, 15) is 4.79 Å². The summed E-state index contributed by atoms with van der Waals surface area (Å²) in [6, 6.07) is 13.9. The lowest BCUT2D eigenvalue weighted by Gasteiger charge is -2.04. The third kappa shape index (κ3) is 2.50. The summed E-state index contributed by atoms with van der Waals surface area (Å²) in [5, 5.41) is 4.21. The van der Waals surface area contributed by atoms with Crippen LogP contribution < -0.4 is 5.32 Å². The molecule has 0 unspecified atom stereocenters. The number of nitrogens with one attached hydrogen (secondary N) is 1. The second kappa shape index (κ2) is 5.21. The SMILES string of the molecule is Cc1cccc2sc(Nc3ccc(C(=O)C4CC4)cc3)nc12. The molecule has 110 valence electrons. The van der Waals surface area contributed by atoms with E-state index in [0.717, 1.165) is 34.7 Å². The number of Topliss-reactive ketones (excluding diaryl/α,β-unsaturated/α-hetero) is 1. The number of aryl methyl sites for hydroxylation is 1. The highest BCUT2D eigenvalue weighted by atomic mass is 32.1. The van der Waals surface area contributed by atoms with E-state index in [1.54, 1.807) is 11.3 Å². The number of rotatable bonds is 4. The number of thiazole rings is 1. The van der Waals surface area contributed by atoms with E-state index in [0.29, 0.717) is 0 Å². The number of ketones is 1. The summed E-state index contributed by atoms with van der Waals surface area (Å²) in [6.45, 7) is 2.07. The number of hydrogen-bond acceptors (Lipinski definition) is 4. The summed E-state index contributed by atoms with van der Waals surface area (Å²) in [7, 11) is 0. The summed E-state index contributed by atoms with van der Waals surface area (Å²) < 4.78 is 1.18. The van der Waals surface area contributed by atoms with Crippen molar-refractivity contribution in [1.29, 1.82) is 0 Å². The first-order valence-corrected chi connectivity index (χ1v) is 8.30. The molecule has 1 N–H and O–H groups in total. The molecule has 0 amide bonds. The number of benzene rings is 2. The molecule has 3 aromatic rings. The van der Waals surface area contributed by atoms with Gasteiger partial charge in [0.05, 0.1) is 10.2 Å². The number of para-hydroxylation sites is 1. The van der Waals surface area contributed by atoms with Crippen molar-refractivity contribution in [2.75, 3.05) is 5.32 Å². The fraction of sp³-hybridized carbons (Fsp3) is 0.222. The molecular weight excluding hydrogens is 292 g/mol. The molecule has 0 saturated heterocycles. The first-order valence-electron chi connectivity index (χ1n) is 7.48. The van der Waals surface area contributed by atoms with Crippen molar-refractivity contribution in [3.63, 3.8) is 0 Å². The van der Waals surface area contributed by atoms with Crippen molar-refractivity contribution in [1.82, 2.24) is 4.98 Å². The standard InChI is InChI=1S/C18H16N2OS/c1-11-3-2-4-15-16(11)20-18(22-15)19-14-9-7-13(8-10-14)17(21)12-5-6-12/h2-4,7-10,12H,5-6H2,1H3,(H,19,20). The number of fused-ring (bicyclic) bond motifs is 1. The Labute approximate surface area is 133 Å². The highest BCUT2D eigenvalue weighted by Gasteiger charge is 2.30. The minimum Gasteiger partial charge on any atom is -0.332 e. The molecule has 0 atom stereocenters. The highest BCUT2D eigenvalue weighted by molar-refractivity contribution is 7.22. The van der Waals surface area contributed by atoms with Crippen molar-refractivity contribution in [3.05, 3.63) is 53.6 Å². The van der Waals surface area contributed by atoms with E-state index in [-0.39, 0.29) is 11.7 Å². The number of hydrogen-bond donors (Lipinski definition) is 1. The molecule has 1 fully saturated rings. The van der Waals surface area contributed by atoms with Crippen LogP contribution in [0, 0.1) is 12.8 Å². The first-order chi connectivity index (χ1) is 10.7. The Morgan fingerprint density at radius 1 is 1.18 bits per heavy atom. The van der Waals surface area contributed by atoms with Gasteiger partial charge in [-0.05, 0) is 55.7 Å². The lowest BCUT2D eigenvalue weighted by atomic mass is 10.1. The summed E-state index contributed by atoms with van der Waals surface area (Å²) in [4.78, 5) is 16.6. The Hall–Kier alpha value is -2.20. The van der Waals surface area contributed by atoms with Gasteiger partial charge in [0.15, 0.2) is 10.9 Å². The van der Waals surface area contributed by atoms with Gasteiger partial charge in [-0.15, -0.1) is 0 Å². The van der Waals surface area contributed by atoms with Crippen LogP contribution in [0.5, 0.6) is 0 Å². The van der Waals surface area contributed by atoms with Gasteiger partial charge in [-0.1, -0.05) is 23.5 Å². The van der Waals surface area contributed by atoms with Crippen LogP contribution in [-0.4, -0.2) is 10.8 Å². The number of anilines is 2. The molecule has 0 bridgehead atoms. The normalized spacial score (nSPS) is 14.2. The van der Waals surface area contributed by atoms with Gasteiger partial charge >= 0.3 is 0 Å². The van der Waals surface area contributed by atoms with Gasteiger partial charge in [-0.25, -0.2) is 4.98 Å². The lowest BCUT2D eigenvalue weighted by Crippen LogP contribution is -2.01. The minimum atomic E-state index is 0.269. The van der Waals surface area contributed by atoms with Gasteiger partial charge in [0.25, 0.3) is 0 Å². The van der Waals surface area contributed by atoms with Crippen molar-refractivity contribution in [2.24, 2.45) is 5.92 Å². The highest BCUT2D eigenvalue weighted by Crippen LogP contribution is 2.33. The Morgan fingerprint density at radius 2 is 1.95 bits per heavy atom. The van der Waals surface area contributed by atoms with Crippen molar-refractivity contribution in [2.45, 2.75) is 19.8 Å². The van der Waals surface area contributed by atoms with Gasteiger partial charge in [0.2, 0.25) is 0 Å². The van der Waals surface area contributed by atoms with Crippen molar-refractivity contribution < 1.29 is 4.79 Å². The predicted octanol–water partition coefficient (Wildman–Crippen LogP) is 4.94. The summed E-state index contributed by atoms with van der Waals surface area (Å²) in [5.74, 6) is 0.549. The second-order valence-electron chi connectivity index (χ2n) is 5.78. The molecule has 0 aliphatic heterocycles. The first kappa shape index (κ1) is 13.5. The molecule has 4 heteroatoms. The van der Waals surface area contributed by atoms with Crippen LogP contribution in [0.2, 0.25) is 0 Å². The molecule has 3 nitrogen and oxygen atoms in total. The largest absolute Gasteiger partial charge is 0.332 e. The third-order valence-electron chi connectivity index (χ3n) is 3.99. The summed E-state index contributed by atoms with van der Waals surface area (Å²) in [6.07, 6.45) is 2.09. The zero-order valence-corrected chi connectivity index (χ0v) is 13.1. The van der Waals surface area contributed by atoms with E-state index in [2.05, 4.69) is 35.4 Å². The van der Waals surface area contributed by atoms with Crippen LogP contribution in [0.3, 0.4) is 0 Å². The number of carbonyl (C=O) groups is 1. The van der Waals surface area contributed by atoms with Gasteiger partial charge < -0.3 is 5.32 Å². The molecule has 4 rings (SSSR count).